The molecule has 1 fully saturated rings. The summed E-state index contributed by atoms with van der Waals surface area (Å²) >= 11 is 0. The highest BCUT2D eigenvalue weighted by atomic mass is 14.9. The standard InChI is InChI=1S/C15H29N/c1-4-5-6-10-16-15-9-7-8-14(12-15)11-13(2)3/h4-5,13-16H,6-12H2,1-3H3/b5-4+. The molecule has 0 spiro atoms. The maximum absolute atomic E-state index is 3.71. The Morgan fingerprint density at radius 2 is 2.12 bits per heavy atom. The molecule has 1 aliphatic rings. The van der Waals surface area contributed by atoms with Crippen LogP contribution >= 0.6 is 0 Å². The highest BCUT2D eigenvalue weighted by molar-refractivity contribution is 4.81. The van der Waals surface area contributed by atoms with Gasteiger partial charge in [-0.2, -0.15) is 0 Å². The molecule has 94 valence electrons. The molecule has 0 aliphatic heterocycles. The van der Waals surface area contributed by atoms with Crippen LogP contribution in [-0.4, -0.2) is 12.6 Å². The Balaban J connectivity index is 2.17. The summed E-state index contributed by atoms with van der Waals surface area (Å²) in [6, 6.07) is 0.794. The molecule has 0 aromatic rings. The Morgan fingerprint density at radius 1 is 1.31 bits per heavy atom. The molecule has 1 nitrogen and oxygen atoms in total. The summed E-state index contributed by atoms with van der Waals surface area (Å²) in [6.45, 7) is 7.95. The first-order chi connectivity index (χ1) is 7.72. The van der Waals surface area contributed by atoms with Gasteiger partial charge < -0.3 is 5.32 Å². The van der Waals surface area contributed by atoms with Gasteiger partial charge in [0, 0.05) is 6.04 Å². The Labute approximate surface area is 102 Å². The summed E-state index contributed by atoms with van der Waals surface area (Å²) in [7, 11) is 0. The molecule has 0 bridgehead atoms. The van der Waals surface area contributed by atoms with Crippen LogP contribution in [0.25, 0.3) is 0 Å². The minimum absolute atomic E-state index is 0.794. The van der Waals surface area contributed by atoms with E-state index in [4.69, 9.17) is 0 Å². The fraction of sp³-hybridized carbons (Fsp3) is 0.867. The fourth-order valence-corrected chi connectivity index (χ4v) is 2.89. The van der Waals surface area contributed by atoms with Crippen LogP contribution in [0.3, 0.4) is 0 Å². The zero-order valence-electron chi connectivity index (χ0n) is 11.3. The van der Waals surface area contributed by atoms with Crippen LogP contribution in [0.15, 0.2) is 12.2 Å². The van der Waals surface area contributed by atoms with Crippen LogP contribution in [-0.2, 0) is 0 Å². The molecule has 0 aromatic heterocycles. The summed E-state index contributed by atoms with van der Waals surface area (Å²) < 4.78 is 0. The van der Waals surface area contributed by atoms with Gasteiger partial charge in [0.2, 0.25) is 0 Å². The second-order valence-corrected chi connectivity index (χ2v) is 5.67. The molecule has 1 heteroatoms. The molecule has 1 N–H and O–H groups in total. The molecule has 0 aromatic carbocycles. The van der Waals surface area contributed by atoms with E-state index in [-0.39, 0.29) is 0 Å². The predicted octanol–water partition coefficient (Wildman–Crippen LogP) is 4.15. The maximum atomic E-state index is 3.71. The highest BCUT2D eigenvalue weighted by Crippen LogP contribution is 2.29. The molecule has 0 amide bonds. The van der Waals surface area contributed by atoms with Gasteiger partial charge in [0.25, 0.3) is 0 Å². The Bertz CT molecular complexity index is 196. The van der Waals surface area contributed by atoms with Gasteiger partial charge in [0.05, 0.1) is 0 Å². The number of rotatable bonds is 6. The number of hydrogen-bond donors (Lipinski definition) is 1. The molecule has 1 aliphatic carbocycles. The molecule has 0 radical (unpaired) electrons. The summed E-state index contributed by atoms with van der Waals surface area (Å²) in [6.07, 6.45) is 12.7. The lowest BCUT2D eigenvalue weighted by Crippen LogP contribution is -2.34. The van der Waals surface area contributed by atoms with Crippen molar-refractivity contribution in [3.63, 3.8) is 0 Å². The zero-order chi connectivity index (χ0) is 11.8. The van der Waals surface area contributed by atoms with E-state index in [0.717, 1.165) is 24.4 Å². The van der Waals surface area contributed by atoms with Gasteiger partial charge in [0.15, 0.2) is 0 Å². The number of nitrogens with one attached hydrogen (secondary N) is 1. The zero-order valence-corrected chi connectivity index (χ0v) is 11.3. The van der Waals surface area contributed by atoms with Gasteiger partial charge in [-0.15, -0.1) is 0 Å². The monoisotopic (exact) mass is 223 g/mol. The molecule has 2 atom stereocenters. The van der Waals surface area contributed by atoms with E-state index in [9.17, 15) is 0 Å². The first-order valence-corrected chi connectivity index (χ1v) is 7.07. The van der Waals surface area contributed by atoms with Gasteiger partial charge in [-0.25, -0.2) is 0 Å². The third kappa shape index (κ3) is 5.69. The Hall–Kier alpha value is -0.300. The molecule has 0 saturated heterocycles. The summed E-state index contributed by atoms with van der Waals surface area (Å²) in [5.41, 5.74) is 0. The van der Waals surface area contributed by atoms with Crippen molar-refractivity contribution in [1.29, 1.82) is 0 Å². The SMILES string of the molecule is C/C=C/CCNC1CCCC(CC(C)C)C1. The van der Waals surface area contributed by atoms with Crippen molar-refractivity contribution in [2.24, 2.45) is 11.8 Å². The Morgan fingerprint density at radius 3 is 2.81 bits per heavy atom. The van der Waals surface area contributed by atoms with Gasteiger partial charge >= 0.3 is 0 Å². The normalized spacial score (nSPS) is 26.8. The van der Waals surface area contributed by atoms with Crippen molar-refractivity contribution in [2.75, 3.05) is 6.54 Å². The quantitative estimate of drug-likeness (QED) is 0.527. The first kappa shape index (κ1) is 13.8. The molecule has 1 saturated carbocycles. The molecular formula is C15H29N. The highest BCUT2D eigenvalue weighted by Gasteiger charge is 2.21. The largest absolute Gasteiger partial charge is 0.314 e. The van der Waals surface area contributed by atoms with Crippen LogP contribution in [0.5, 0.6) is 0 Å². The third-order valence-corrected chi connectivity index (χ3v) is 3.57. The fourth-order valence-electron chi connectivity index (χ4n) is 2.89. The van der Waals surface area contributed by atoms with Crippen molar-refractivity contribution in [3.8, 4) is 0 Å². The first-order valence-electron chi connectivity index (χ1n) is 7.07. The summed E-state index contributed by atoms with van der Waals surface area (Å²) in [4.78, 5) is 0. The third-order valence-electron chi connectivity index (χ3n) is 3.57. The molecule has 1 rings (SSSR count). The lowest BCUT2D eigenvalue weighted by Gasteiger charge is -2.30. The van der Waals surface area contributed by atoms with E-state index >= 15 is 0 Å². The summed E-state index contributed by atoms with van der Waals surface area (Å²) in [5, 5.41) is 3.71. The van der Waals surface area contributed by atoms with E-state index in [1.54, 1.807) is 0 Å². The average molecular weight is 223 g/mol. The molecule has 16 heavy (non-hydrogen) atoms. The van der Waals surface area contributed by atoms with E-state index in [2.05, 4.69) is 38.2 Å². The number of hydrogen-bond acceptors (Lipinski definition) is 1. The van der Waals surface area contributed by atoms with Crippen LogP contribution in [0.2, 0.25) is 0 Å². The summed E-state index contributed by atoms with van der Waals surface area (Å²) in [5.74, 6) is 1.85. The van der Waals surface area contributed by atoms with Crippen LogP contribution < -0.4 is 5.32 Å². The minimum Gasteiger partial charge on any atom is -0.314 e. The number of allylic oxidation sites excluding steroid dienone is 1. The lowest BCUT2D eigenvalue weighted by molar-refractivity contribution is 0.254. The van der Waals surface area contributed by atoms with Gasteiger partial charge in [-0.3, -0.25) is 0 Å². The van der Waals surface area contributed by atoms with E-state index in [1.807, 2.05) is 0 Å². The lowest BCUT2D eigenvalue weighted by atomic mass is 9.81. The average Bonchev–Trinajstić information content (AvgIpc) is 2.24. The molecule has 0 heterocycles. The van der Waals surface area contributed by atoms with Gasteiger partial charge in [-0.1, -0.05) is 38.8 Å². The smallest absolute Gasteiger partial charge is 0.00698 e. The maximum Gasteiger partial charge on any atom is 0.00698 e. The Kier molecular flexibility index (Phi) is 6.79. The van der Waals surface area contributed by atoms with Gasteiger partial charge in [-0.05, 0) is 51.0 Å². The predicted molar refractivity (Wildman–Crippen MR) is 72.6 cm³/mol. The van der Waals surface area contributed by atoms with Crippen LogP contribution in [0, 0.1) is 11.8 Å². The van der Waals surface area contributed by atoms with Crippen molar-refractivity contribution in [2.45, 2.75) is 65.3 Å². The van der Waals surface area contributed by atoms with E-state index in [1.165, 1.54) is 38.5 Å². The van der Waals surface area contributed by atoms with E-state index < -0.39 is 0 Å². The molecule has 2 unspecified atom stereocenters. The second kappa shape index (κ2) is 7.89. The topological polar surface area (TPSA) is 12.0 Å². The minimum atomic E-state index is 0.794. The molecular weight excluding hydrogens is 194 g/mol. The van der Waals surface area contributed by atoms with Crippen molar-refractivity contribution < 1.29 is 0 Å². The van der Waals surface area contributed by atoms with Crippen molar-refractivity contribution in [1.82, 2.24) is 5.32 Å². The van der Waals surface area contributed by atoms with Crippen molar-refractivity contribution in [3.05, 3.63) is 12.2 Å². The van der Waals surface area contributed by atoms with Crippen LogP contribution in [0.1, 0.15) is 59.3 Å². The second-order valence-electron chi connectivity index (χ2n) is 5.67. The van der Waals surface area contributed by atoms with E-state index in [0.29, 0.717) is 0 Å². The van der Waals surface area contributed by atoms with Gasteiger partial charge in [0.1, 0.15) is 0 Å². The van der Waals surface area contributed by atoms with Crippen molar-refractivity contribution >= 4 is 0 Å². The van der Waals surface area contributed by atoms with Crippen LogP contribution in [0.4, 0.5) is 0 Å².